The number of benzene rings is 2. The molecule has 9 heteroatoms. The maximum Gasteiger partial charge on any atom is 0.324 e. The summed E-state index contributed by atoms with van der Waals surface area (Å²) in [6.45, 7) is 5.47. The molecule has 1 heterocycles. The molecule has 0 spiro atoms. The van der Waals surface area contributed by atoms with Crippen LogP contribution in [-0.2, 0) is 24.3 Å². The van der Waals surface area contributed by atoms with Crippen molar-refractivity contribution >= 4 is 39.2 Å². The first-order valence-corrected chi connectivity index (χ1v) is 11.7. The quantitative estimate of drug-likeness (QED) is 0.659. The molecule has 1 N–H and O–H groups in total. The predicted octanol–water partition coefficient (Wildman–Crippen LogP) is 3.60. The molecule has 7 nitrogen and oxygen atoms in total. The lowest BCUT2D eigenvalue weighted by atomic mass is 10.1. The molecule has 0 bridgehead atoms. The van der Waals surface area contributed by atoms with Gasteiger partial charge in [-0.05, 0) is 69.0 Å². The number of carbonyl (C=O) groups excluding carboxylic acids is 2. The van der Waals surface area contributed by atoms with Gasteiger partial charge >= 0.3 is 5.97 Å². The number of sulfonamides is 1. The van der Waals surface area contributed by atoms with Crippen molar-refractivity contribution in [1.82, 2.24) is 4.31 Å². The smallest absolute Gasteiger partial charge is 0.324 e. The minimum absolute atomic E-state index is 0.0552. The molecule has 0 saturated carbocycles. The van der Waals surface area contributed by atoms with Crippen LogP contribution in [0.15, 0.2) is 41.3 Å². The van der Waals surface area contributed by atoms with Crippen LogP contribution in [0.25, 0.3) is 0 Å². The molecule has 166 valence electrons. The van der Waals surface area contributed by atoms with Crippen LogP contribution in [0, 0.1) is 20.8 Å². The Morgan fingerprint density at radius 3 is 2.35 bits per heavy atom. The van der Waals surface area contributed by atoms with Crippen LogP contribution in [-0.4, -0.2) is 43.8 Å². The number of anilines is 1. The number of hydrogen-bond acceptors (Lipinski definition) is 5. The molecule has 3 rings (SSSR count). The summed E-state index contributed by atoms with van der Waals surface area (Å²) in [7, 11) is -3.88. The van der Waals surface area contributed by atoms with E-state index in [9.17, 15) is 18.0 Å². The van der Waals surface area contributed by atoms with Gasteiger partial charge in [-0.3, -0.25) is 9.59 Å². The second-order valence-electron chi connectivity index (χ2n) is 7.66. The minimum Gasteiger partial charge on any atom is -0.454 e. The van der Waals surface area contributed by atoms with Gasteiger partial charge in [-0.1, -0.05) is 29.3 Å². The summed E-state index contributed by atoms with van der Waals surface area (Å²) in [6, 6.07) is 8.71. The van der Waals surface area contributed by atoms with Gasteiger partial charge in [-0.15, -0.1) is 0 Å². The van der Waals surface area contributed by atoms with Gasteiger partial charge in [0.2, 0.25) is 10.0 Å². The number of halogens is 1. The monoisotopic (exact) mass is 464 g/mol. The third kappa shape index (κ3) is 5.26. The number of esters is 1. The van der Waals surface area contributed by atoms with Crippen LogP contribution >= 0.6 is 11.6 Å². The number of nitrogens with one attached hydrogen (secondary N) is 1. The molecule has 2 aromatic rings. The Balaban J connectivity index is 1.65. The van der Waals surface area contributed by atoms with E-state index in [1.165, 1.54) is 24.3 Å². The average Bonchev–Trinajstić information content (AvgIpc) is 3.20. The molecule has 0 radical (unpaired) electrons. The molecule has 1 saturated heterocycles. The van der Waals surface area contributed by atoms with Crippen molar-refractivity contribution in [2.24, 2.45) is 0 Å². The van der Waals surface area contributed by atoms with Crippen molar-refractivity contribution in [1.29, 1.82) is 0 Å². The van der Waals surface area contributed by atoms with Gasteiger partial charge in [0.15, 0.2) is 6.61 Å². The number of aryl methyl sites for hydroxylation is 3. The zero-order chi connectivity index (χ0) is 22.8. The normalized spacial score (nSPS) is 16.8. The van der Waals surface area contributed by atoms with Crippen LogP contribution in [0.2, 0.25) is 5.02 Å². The van der Waals surface area contributed by atoms with Gasteiger partial charge in [-0.25, -0.2) is 8.42 Å². The molecule has 1 fully saturated rings. The first kappa shape index (κ1) is 23.2. The topological polar surface area (TPSA) is 92.8 Å². The summed E-state index contributed by atoms with van der Waals surface area (Å²) < 4.78 is 32.2. The molecule has 0 aromatic heterocycles. The lowest BCUT2D eigenvalue weighted by molar-refractivity contribution is -0.150. The lowest BCUT2D eigenvalue weighted by Gasteiger charge is -2.22. The Morgan fingerprint density at radius 2 is 1.74 bits per heavy atom. The van der Waals surface area contributed by atoms with Gasteiger partial charge in [0.25, 0.3) is 5.91 Å². The highest BCUT2D eigenvalue weighted by atomic mass is 35.5. The van der Waals surface area contributed by atoms with Crippen molar-refractivity contribution in [3.8, 4) is 0 Å². The Hall–Kier alpha value is -2.42. The maximum absolute atomic E-state index is 12.9. The standard InChI is InChI=1S/C22H25ClN2O5S/c1-14-11-15(2)21(16(3)12-14)24-20(26)13-30-22(27)19-5-4-10-25(19)31(28,29)18-8-6-17(23)7-9-18/h6-9,11-12,19H,4-5,10,13H2,1-3H3,(H,24,26). The maximum atomic E-state index is 12.9. The van der Waals surface area contributed by atoms with E-state index in [1.54, 1.807) is 0 Å². The summed E-state index contributed by atoms with van der Waals surface area (Å²) in [6.07, 6.45) is 0.865. The number of nitrogens with zero attached hydrogens (tertiary/aromatic N) is 1. The molecule has 1 atom stereocenters. The van der Waals surface area contributed by atoms with E-state index in [4.69, 9.17) is 16.3 Å². The number of amides is 1. The first-order valence-electron chi connectivity index (χ1n) is 9.91. The fourth-order valence-corrected chi connectivity index (χ4v) is 5.56. The van der Waals surface area contributed by atoms with E-state index < -0.39 is 34.5 Å². The van der Waals surface area contributed by atoms with E-state index in [1.807, 2.05) is 32.9 Å². The largest absolute Gasteiger partial charge is 0.454 e. The van der Waals surface area contributed by atoms with Crippen molar-refractivity contribution in [2.45, 2.75) is 44.6 Å². The molecule has 2 aromatic carbocycles. The lowest BCUT2D eigenvalue weighted by Crippen LogP contribution is -2.42. The molecular formula is C22H25ClN2O5S. The van der Waals surface area contributed by atoms with Crippen LogP contribution in [0.3, 0.4) is 0 Å². The van der Waals surface area contributed by atoms with E-state index in [0.29, 0.717) is 23.6 Å². The highest BCUT2D eigenvalue weighted by molar-refractivity contribution is 7.89. The number of carbonyl (C=O) groups is 2. The van der Waals surface area contributed by atoms with E-state index in [0.717, 1.165) is 21.0 Å². The highest BCUT2D eigenvalue weighted by Crippen LogP contribution is 2.28. The fraction of sp³-hybridized carbons (Fsp3) is 0.364. The van der Waals surface area contributed by atoms with E-state index in [2.05, 4.69) is 5.32 Å². The molecular weight excluding hydrogens is 440 g/mol. The fourth-order valence-electron chi connectivity index (χ4n) is 3.79. The second-order valence-corrected chi connectivity index (χ2v) is 9.98. The molecule has 1 unspecified atom stereocenters. The summed E-state index contributed by atoms with van der Waals surface area (Å²) in [5.41, 5.74) is 3.59. The van der Waals surface area contributed by atoms with E-state index in [-0.39, 0.29) is 11.4 Å². The molecule has 1 amide bonds. The van der Waals surface area contributed by atoms with Gasteiger partial charge in [0.1, 0.15) is 6.04 Å². The van der Waals surface area contributed by atoms with Crippen molar-refractivity contribution in [2.75, 3.05) is 18.5 Å². The van der Waals surface area contributed by atoms with Crippen LogP contribution in [0.5, 0.6) is 0 Å². The predicted molar refractivity (Wildman–Crippen MR) is 119 cm³/mol. The third-order valence-corrected chi connectivity index (χ3v) is 7.36. The van der Waals surface area contributed by atoms with E-state index >= 15 is 0 Å². The number of ether oxygens (including phenoxy) is 1. The molecule has 1 aliphatic rings. The van der Waals surface area contributed by atoms with Crippen LogP contribution in [0.1, 0.15) is 29.5 Å². The minimum atomic E-state index is -3.88. The Kier molecular flexibility index (Phi) is 7.03. The Morgan fingerprint density at radius 1 is 1.13 bits per heavy atom. The van der Waals surface area contributed by atoms with Crippen molar-refractivity contribution < 1.29 is 22.7 Å². The second kappa shape index (κ2) is 9.38. The van der Waals surface area contributed by atoms with Gasteiger partial charge < -0.3 is 10.1 Å². The summed E-state index contributed by atoms with van der Waals surface area (Å²) >= 11 is 5.84. The number of rotatable bonds is 6. The molecule has 31 heavy (non-hydrogen) atoms. The number of hydrogen-bond donors (Lipinski definition) is 1. The summed E-state index contributed by atoms with van der Waals surface area (Å²) in [5.74, 6) is -1.21. The highest BCUT2D eigenvalue weighted by Gasteiger charge is 2.40. The SMILES string of the molecule is Cc1cc(C)c(NC(=O)COC(=O)C2CCCN2S(=O)(=O)c2ccc(Cl)cc2)c(C)c1. The van der Waals surface area contributed by atoms with Gasteiger partial charge in [0.05, 0.1) is 4.90 Å². The summed E-state index contributed by atoms with van der Waals surface area (Å²) in [4.78, 5) is 25.0. The Bertz CT molecular complexity index is 1080. The first-order chi connectivity index (χ1) is 14.6. The van der Waals surface area contributed by atoms with Gasteiger partial charge in [-0.2, -0.15) is 4.31 Å². The summed E-state index contributed by atoms with van der Waals surface area (Å²) in [5, 5.41) is 3.18. The van der Waals surface area contributed by atoms with Gasteiger partial charge in [0, 0.05) is 17.3 Å². The van der Waals surface area contributed by atoms with Crippen molar-refractivity contribution in [3.05, 3.63) is 58.1 Å². The molecule has 1 aliphatic heterocycles. The Labute approximate surface area is 187 Å². The molecule has 0 aliphatic carbocycles. The van der Waals surface area contributed by atoms with Crippen LogP contribution < -0.4 is 5.32 Å². The van der Waals surface area contributed by atoms with Crippen molar-refractivity contribution in [3.63, 3.8) is 0 Å². The third-order valence-electron chi connectivity index (χ3n) is 5.18. The van der Waals surface area contributed by atoms with Crippen LogP contribution in [0.4, 0.5) is 5.69 Å². The zero-order valence-electron chi connectivity index (χ0n) is 17.6. The zero-order valence-corrected chi connectivity index (χ0v) is 19.2. The average molecular weight is 465 g/mol.